The standard InChI is InChI=1S/C12H16N2OS/c1-3-8(2)14-12(15)10-6-4-5-9(7-10)11(13)16/h4-8H,3H2,1-2H3,(H2,13,16)(H,14,15). The number of hydrogen-bond donors (Lipinski definition) is 2. The number of hydrogen-bond acceptors (Lipinski definition) is 2. The maximum atomic E-state index is 11.8. The first-order valence-corrected chi connectivity index (χ1v) is 5.66. The summed E-state index contributed by atoms with van der Waals surface area (Å²) in [5, 5.41) is 2.89. The molecular formula is C12H16N2OS. The van der Waals surface area contributed by atoms with Gasteiger partial charge < -0.3 is 11.1 Å². The quantitative estimate of drug-likeness (QED) is 0.784. The maximum absolute atomic E-state index is 11.8. The largest absolute Gasteiger partial charge is 0.389 e. The molecule has 3 N–H and O–H groups in total. The van der Waals surface area contributed by atoms with Gasteiger partial charge in [-0.2, -0.15) is 0 Å². The Balaban J connectivity index is 2.83. The van der Waals surface area contributed by atoms with E-state index in [4.69, 9.17) is 18.0 Å². The second kappa shape index (κ2) is 5.61. The highest BCUT2D eigenvalue weighted by atomic mass is 32.1. The Morgan fingerprint density at radius 1 is 1.50 bits per heavy atom. The normalized spacial score (nSPS) is 11.9. The highest BCUT2D eigenvalue weighted by Gasteiger charge is 2.09. The van der Waals surface area contributed by atoms with Gasteiger partial charge in [-0.1, -0.05) is 31.3 Å². The van der Waals surface area contributed by atoms with Crippen LogP contribution in [0.25, 0.3) is 0 Å². The van der Waals surface area contributed by atoms with E-state index in [1.807, 2.05) is 13.8 Å². The molecule has 1 rings (SSSR count). The lowest BCUT2D eigenvalue weighted by atomic mass is 10.1. The topological polar surface area (TPSA) is 55.1 Å². The Morgan fingerprint density at radius 2 is 2.12 bits per heavy atom. The van der Waals surface area contributed by atoms with Crippen LogP contribution in [0.2, 0.25) is 0 Å². The molecule has 0 saturated heterocycles. The molecule has 1 amide bonds. The molecule has 1 unspecified atom stereocenters. The van der Waals surface area contributed by atoms with E-state index >= 15 is 0 Å². The molecule has 1 aromatic carbocycles. The molecule has 1 atom stereocenters. The van der Waals surface area contributed by atoms with Gasteiger partial charge in [-0.3, -0.25) is 4.79 Å². The van der Waals surface area contributed by atoms with Crippen molar-refractivity contribution in [2.24, 2.45) is 5.73 Å². The summed E-state index contributed by atoms with van der Waals surface area (Å²) in [6, 6.07) is 7.20. The average Bonchev–Trinajstić information content (AvgIpc) is 2.28. The van der Waals surface area contributed by atoms with Crippen LogP contribution >= 0.6 is 12.2 Å². The predicted octanol–water partition coefficient (Wildman–Crippen LogP) is 1.85. The van der Waals surface area contributed by atoms with Gasteiger partial charge in [0, 0.05) is 17.2 Å². The van der Waals surface area contributed by atoms with Crippen molar-refractivity contribution in [1.82, 2.24) is 5.32 Å². The zero-order valence-electron chi connectivity index (χ0n) is 9.49. The number of amides is 1. The molecule has 0 saturated carbocycles. The fraction of sp³-hybridized carbons (Fsp3) is 0.333. The SMILES string of the molecule is CCC(C)NC(=O)c1cccc(C(N)=S)c1. The van der Waals surface area contributed by atoms with Crippen molar-refractivity contribution >= 4 is 23.1 Å². The molecule has 16 heavy (non-hydrogen) atoms. The smallest absolute Gasteiger partial charge is 0.251 e. The minimum Gasteiger partial charge on any atom is -0.389 e. The molecule has 0 spiro atoms. The van der Waals surface area contributed by atoms with E-state index in [1.54, 1.807) is 24.3 Å². The minimum atomic E-state index is -0.0903. The molecule has 3 nitrogen and oxygen atoms in total. The molecular weight excluding hydrogens is 220 g/mol. The molecule has 0 heterocycles. The summed E-state index contributed by atoms with van der Waals surface area (Å²) in [5.41, 5.74) is 6.81. The van der Waals surface area contributed by atoms with Crippen molar-refractivity contribution in [3.63, 3.8) is 0 Å². The van der Waals surface area contributed by atoms with Crippen LogP contribution in [-0.4, -0.2) is 16.9 Å². The van der Waals surface area contributed by atoms with E-state index in [-0.39, 0.29) is 11.9 Å². The fourth-order valence-electron chi connectivity index (χ4n) is 1.22. The number of nitrogens with one attached hydrogen (secondary N) is 1. The summed E-state index contributed by atoms with van der Waals surface area (Å²) in [6.07, 6.45) is 0.904. The van der Waals surface area contributed by atoms with Gasteiger partial charge in [0.05, 0.1) is 0 Å². The predicted molar refractivity (Wildman–Crippen MR) is 69.5 cm³/mol. The molecule has 86 valence electrons. The van der Waals surface area contributed by atoms with Crippen molar-refractivity contribution in [1.29, 1.82) is 0 Å². The number of benzene rings is 1. The first kappa shape index (κ1) is 12.6. The van der Waals surface area contributed by atoms with Crippen molar-refractivity contribution in [2.45, 2.75) is 26.3 Å². The van der Waals surface area contributed by atoms with Crippen LogP contribution < -0.4 is 11.1 Å². The van der Waals surface area contributed by atoms with Crippen molar-refractivity contribution in [2.75, 3.05) is 0 Å². The van der Waals surface area contributed by atoms with Crippen LogP contribution in [0.3, 0.4) is 0 Å². The van der Waals surface area contributed by atoms with Crippen molar-refractivity contribution in [3.05, 3.63) is 35.4 Å². The summed E-state index contributed by atoms with van der Waals surface area (Å²) in [7, 11) is 0. The van der Waals surface area contributed by atoms with Crippen LogP contribution in [0.1, 0.15) is 36.2 Å². The Morgan fingerprint density at radius 3 is 2.69 bits per heavy atom. The van der Waals surface area contributed by atoms with Gasteiger partial charge in [-0.25, -0.2) is 0 Å². The second-order valence-electron chi connectivity index (χ2n) is 3.73. The Labute approximate surface area is 101 Å². The lowest BCUT2D eigenvalue weighted by Crippen LogP contribution is -2.32. The summed E-state index contributed by atoms with van der Waals surface area (Å²) in [5.74, 6) is -0.0903. The van der Waals surface area contributed by atoms with Crippen LogP contribution in [0, 0.1) is 0 Å². The third-order valence-electron chi connectivity index (χ3n) is 2.40. The number of rotatable bonds is 4. The molecule has 0 bridgehead atoms. The highest BCUT2D eigenvalue weighted by molar-refractivity contribution is 7.80. The number of thiocarbonyl (C=S) groups is 1. The zero-order chi connectivity index (χ0) is 12.1. The molecule has 1 aromatic rings. The third-order valence-corrected chi connectivity index (χ3v) is 2.63. The first-order valence-electron chi connectivity index (χ1n) is 5.25. The van der Waals surface area contributed by atoms with Gasteiger partial charge in [-0.05, 0) is 25.5 Å². The van der Waals surface area contributed by atoms with Gasteiger partial charge in [0.15, 0.2) is 0 Å². The minimum absolute atomic E-state index is 0.0903. The highest BCUT2D eigenvalue weighted by Crippen LogP contribution is 2.06. The van der Waals surface area contributed by atoms with Gasteiger partial charge in [0.2, 0.25) is 0 Å². The van der Waals surface area contributed by atoms with Crippen LogP contribution in [-0.2, 0) is 0 Å². The summed E-state index contributed by atoms with van der Waals surface area (Å²) in [6.45, 7) is 3.99. The lowest BCUT2D eigenvalue weighted by Gasteiger charge is -2.11. The Hall–Kier alpha value is -1.42. The fourth-order valence-corrected chi connectivity index (χ4v) is 1.35. The number of carbonyl (C=O) groups excluding carboxylic acids is 1. The average molecular weight is 236 g/mol. The van der Waals surface area contributed by atoms with E-state index < -0.39 is 0 Å². The number of nitrogens with two attached hydrogens (primary N) is 1. The van der Waals surface area contributed by atoms with Crippen LogP contribution in [0.4, 0.5) is 0 Å². The molecule has 0 aliphatic carbocycles. The molecule has 0 radical (unpaired) electrons. The lowest BCUT2D eigenvalue weighted by molar-refractivity contribution is 0.0939. The van der Waals surface area contributed by atoms with E-state index in [9.17, 15) is 4.79 Å². The molecule has 0 aromatic heterocycles. The number of carbonyl (C=O) groups is 1. The third kappa shape index (κ3) is 3.31. The summed E-state index contributed by atoms with van der Waals surface area (Å²) >= 11 is 4.86. The summed E-state index contributed by atoms with van der Waals surface area (Å²) in [4.78, 5) is 12.1. The molecule has 0 aliphatic rings. The van der Waals surface area contributed by atoms with Crippen molar-refractivity contribution < 1.29 is 4.79 Å². The molecule has 4 heteroatoms. The first-order chi connectivity index (χ1) is 7.54. The van der Waals surface area contributed by atoms with E-state index in [0.29, 0.717) is 16.1 Å². The van der Waals surface area contributed by atoms with E-state index in [2.05, 4.69) is 5.32 Å². The second-order valence-corrected chi connectivity index (χ2v) is 4.17. The van der Waals surface area contributed by atoms with E-state index in [0.717, 1.165) is 6.42 Å². The van der Waals surface area contributed by atoms with E-state index in [1.165, 1.54) is 0 Å². The van der Waals surface area contributed by atoms with Crippen molar-refractivity contribution in [3.8, 4) is 0 Å². The Bertz CT molecular complexity index is 404. The van der Waals surface area contributed by atoms with Gasteiger partial charge in [-0.15, -0.1) is 0 Å². The van der Waals surface area contributed by atoms with Gasteiger partial charge in [0.1, 0.15) is 4.99 Å². The molecule has 0 aliphatic heterocycles. The molecule has 0 fully saturated rings. The van der Waals surface area contributed by atoms with Crippen LogP contribution in [0.5, 0.6) is 0 Å². The summed E-state index contributed by atoms with van der Waals surface area (Å²) < 4.78 is 0. The Kier molecular flexibility index (Phi) is 4.43. The van der Waals surface area contributed by atoms with Gasteiger partial charge >= 0.3 is 0 Å². The van der Waals surface area contributed by atoms with Crippen LogP contribution in [0.15, 0.2) is 24.3 Å². The monoisotopic (exact) mass is 236 g/mol. The van der Waals surface area contributed by atoms with Gasteiger partial charge in [0.25, 0.3) is 5.91 Å². The maximum Gasteiger partial charge on any atom is 0.251 e. The zero-order valence-corrected chi connectivity index (χ0v) is 10.3.